The summed E-state index contributed by atoms with van der Waals surface area (Å²) in [5, 5.41) is 13.2. The maximum Gasteiger partial charge on any atom is 0.269 e. The van der Waals surface area contributed by atoms with E-state index in [0.29, 0.717) is 0 Å². The molecule has 0 aliphatic rings. The number of non-ortho nitro benzene ring substituents is 1. The van der Waals surface area contributed by atoms with Gasteiger partial charge in [0.25, 0.3) is 5.69 Å². The molecule has 0 aromatic heterocycles. The number of amides is 1. The Morgan fingerprint density at radius 3 is 2.17 bits per heavy atom. The number of hydrogen-bond acceptors (Lipinski definition) is 5. The molecule has 0 bridgehead atoms. The Hall–Kier alpha value is -1.99. The van der Waals surface area contributed by atoms with E-state index in [-0.39, 0.29) is 16.8 Å². The molecule has 0 fully saturated rings. The van der Waals surface area contributed by atoms with E-state index >= 15 is 0 Å². The summed E-state index contributed by atoms with van der Waals surface area (Å²) < 4.78 is 0. The zero-order valence-corrected chi connectivity index (χ0v) is 14.3. The maximum atomic E-state index is 12.2. The van der Waals surface area contributed by atoms with Crippen LogP contribution < -0.4 is 5.32 Å². The van der Waals surface area contributed by atoms with Crippen LogP contribution >= 0.6 is 23.5 Å². The van der Waals surface area contributed by atoms with Gasteiger partial charge in [-0.1, -0.05) is 0 Å². The van der Waals surface area contributed by atoms with Crippen molar-refractivity contribution in [1.29, 1.82) is 0 Å². The topological polar surface area (TPSA) is 72.2 Å². The fraction of sp³-hybridized carbons (Fsp3) is 0.188. The van der Waals surface area contributed by atoms with Gasteiger partial charge in [-0.3, -0.25) is 14.9 Å². The lowest BCUT2D eigenvalue weighted by molar-refractivity contribution is -0.384. The standard InChI is InChI=1S/C16H16N2O3S2/c1-11(23-15-9-5-13(6-10-15)18(20)21)16(19)17-12-3-7-14(22-2)8-4-12/h3-11H,1-2H3,(H,17,19)/t11-/m1/s1. The van der Waals surface area contributed by atoms with Crippen LogP contribution in [0.15, 0.2) is 58.3 Å². The molecule has 0 aliphatic heterocycles. The summed E-state index contributed by atoms with van der Waals surface area (Å²) in [6.45, 7) is 1.80. The SMILES string of the molecule is CSc1ccc(NC(=O)[C@@H](C)Sc2ccc([N+](=O)[O-])cc2)cc1. The molecule has 0 saturated heterocycles. The molecule has 2 aromatic rings. The van der Waals surface area contributed by atoms with Crippen LogP contribution in [0.2, 0.25) is 0 Å². The number of hydrogen-bond donors (Lipinski definition) is 1. The minimum absolute atomic E-state index is 0.0420. The minimum Gasteiger partial charge on any atom is -0.325 e. The van der Waals surface area contributed by atoms with Crippen LogP contribution in [0, 0.1) is 10.1 Å². The summed E-state index contributed by atoms with van der Waals surface area (Å²) in [5.74, 6) is -0.106. The van der Waals surface area contributed by atoms with Crippen LogP contribution in [0.3, 0.4) is 0 Å². The third-order valence-corrected chi connectivity index (χ3v) is 4.94. The number of benzene rings is 2. The van der Waals surface area contributed by atoms with Crippen LogP contribution in [0.1, 0.15) is 6.92 Å². The van der Waals surface area contributed by atoms with E-state index in [1.165, 1.54) is 23.9 Å². The van der Waals surface area contributed by atoms with Gasteiger partial charge in [0.2, 0.25) is 5.91 Å². The van der Waals surface area contributed by atoms with Crippen molar-refractivity contribution in [2.45, 2.75) is 22.0 Å². The largest absolute Gasteiger partial charge is 0.325 e. The number of thioether (sulfide) groups is 2. The molecule has 2 rings (SSSR count). The molecule has 0 unspecified atom stereocenters. The summed E-state index contributed by atoms with van der Waals surface area (Å²) in [4.78, 5) is 24.3. The first-order valence-corrected chi connectivity index (χ1v) is 8.96. The fourth-order valence-corrected chi connectivity index (χ4v) is 3.10. The van der Waals surface area contributed by atoms with E-state index in [1.54, 1.807) is 30.8 Å². The highest BCUT2D eigenvalue weighted by Gasteiger charge is 2.15. The molecule has 0 heterocycles. The van der Waals surface area contributed by atoms with E-state index in [9.17, 15) is 14.9 Å². The molecule has 5 nitrogen and oxygen atoms in total. The van der Waals surface area contributed by atoms with Crippen molar-refractivity contribution < 1.29 is 9.72 Å². The second-order valence-electron chi connectivity index (χ2n) is 4.73. The summed E-state index contributed by atoms with van der Waals surface area (Å²) in [6, 6.07) is 13.8. The van der Waals surface area contributed by atoms with Gasteiger partial charge in [-0.05, 0) is 49.6 Å². The van der Waals surface area contributed by atoms with E-state index in [2.05, 4.69) is 5.32 Å². The average molecular weight is 348 g/mol. The number of nitrogens with one attached hydrogen (secondary N) is 1. The molecule has 0 aliphatic carbocycles. The second kappa shape index (κ2) is 8.03. The average Bonchev–Trinajstić information content (AvgIpc) is 2.56. The van der Waals surface area contributed by atoms with Crippen molar-refractivity contribution in [2.75, 3.05) is 11.6 Å². The van der Waals surface area contributed by atoms with E-state index < -0.39 is 4.92 Å². The van der Waals surface area contributed by atoms with Gasteiger partial charge in [-0.25, -0.2) is 0 Å². The van der Waals surface area contributed by atoms with Crippen LogP contribution in [0.4, 0.5) is 11.4 Å². The summed E-state index contributed by atoms with van der Waals surface area (Å²) in [5.41, 5.74) is 0.796. The molecular formula is C16H16N2O3S2. The highest BCUT2D eigenvalue weighted by atomic mass is 32.2. The van der Waals surface area contributed by atoms with Crippen molar-refractivity contribution in [2.24, 2.45) is 0 Å². The molecule has 1 N–H and O–H groups in total. The Balaban J connectivity index is 1.94. The number of carbonyl (C=O) groups is 1. The summed E-state index contributed by atoms with van der Waals surface area (Å²) >= 11 is 3.00. The van der Waals surface area contributed by atoms with Gasteiger partial charge in [0.1, 0.15) is 0 Å². The molecule has 1 amide bonds. The Bertz CT molecular complexity index is 687. The number of nitrogens with zero attached hydrogens (tertiary/aromatic N) is 1. The van der Waals surface area contributed by atoms with Gasteiger partial charge in [-0.2, -0.15) is 0 Å². The van der Waals surface area contributed by atoms with Gasteiger partial charge >= 0.3 is 0 Å². The summed E-state index contributed by atoms with van der Waals surface area (Å²) in [6.07, 6.45) is 2.00. The maximum absolute atomic E-state index is 12.2. The summed E-state index contributed by atoms with van der Waals surface area (Å²) in [7, 11) is 0. The highest BCUT2D eigenvalue weighted by molar-refractivity contribution is 8.00. The lowest BCUT2D eigenvalue weighted by Gasteiger charge is -2.12. The van der Waals surface area contributed by atoms with Gasteiger partial charge in [0, 0.05) is 27.6 Å². The predicted octanol–water partition coefficient (Wildman–Crippen LogP) is 4.44. The zero-order valence-electron chi connectivity index (χ0n) is 12.7. The van der Waals surface area contributed by atoms with Crippen LogP contribution in [-0.4, -0.2) is 22.3 Å². The van der Waals surface area contributed by atoms with Gasteiger partial charge < -0.3 is 5.32 Å². The van der Waals surface area contributed by atoms with Crippen molar-refractivity contribution in [3.05, 3.63) is 58.6 Å². The fourth-order valence-electron chi connectivity index (χ4n) is 1.82. The molecule has 0 radical (unpaired) electrons. The smallest absolute Gasteiger partial charge is 0.269 e. The quantitative estimate of drug-likeness (QED) is 0.475. The molecule has 7 heteroatoms. The number of carbonyl (C=O) groups excluding carboxylic acids is 1. The monoisotopic (exact) mass is 348 g/mol. The molecule has 23 heavy (non-hydrogen) atoms. The van der Waals surface area contributed by atoms with Crippen LogP contribution in [0.25, 0.3) is 0 Å². The van der Waals surface area contributed by atoms with Crippen molar-refractivity contribution in [3.8, 4) is 0 Å². The molecule has 0 spiro atoms. The highest BCUT2D eigenvalue weighted by Crippen LogP contribution is 2.26. The molecule has 0 saturated carbocycles. The zero-order chi connectivity index (χ0) is 16.8. The molecule has 1 atom stereocenters. The Morgan fingerprint density at radius 2 is 1.65 bits per heavy atom. The van der Waals surface area contributed by atoms with E-state index in [0.717, 1.165) is 15.5 Å². The van der Waals surface area contributed by atoms with Crippen molar-refractivity contribution in [3.63, 3.8) is 0 Å². The Morgan fingerprint density at radius 1 is 1.09 bits per heavy atom. The van der Waals surface area contributed by atoms with Crippen molar-refractivity contribution in [1.82, 2.24) is 0 Å². The molecular weight excluding hydrogens is 332 g/mol. The number of nitro benzene ring substituents is 1. The lowest BCUT2D eigenvalue weighted by atomic mass is 10.3. The number of nitro groups is 1. The lowest BCUT2D eigenvalue weighted by Crippen LogP contribution is -2.22. The number of rotatable bonds is 6. The van der Waals surface area contributed by atoms with E-state index in [4.69, 9.17) is 0 Å². The normalized spacial score (nSPS) is 11.7. The first-order chi connectivity index (χ1) is 11.0. The van der Waals surface area contributed by atoms with Gasteiger partial charge in [0.15, 0.2) is 0 Å². The molecule has 2 aromatic carbocycles. The second-order valence-corrected chi connectivity index (χ2v) is 7.02. The third-order valence-electron chi connectivity index (χ3n) is 3.09. The van der Waals surface area contributed by atoms with Gasteiger partial charge in [-0.15, -0.1) is 23.5 Å². The number of anilines is 1. The minimum atomic E-state index is -0.442. The van der Waals surface area contributed by atoms with Gasteiger partial charge in [0.05, 0.1) is 10.2 Å². The first kappa shape index (κ1) is 17.4. The first-order valence-electron chi connectivity index (χ1n) is 6.85. The van der Waals surface area contributed by atoms with Crippen LogP contribution in [0.5, 0.6) is 0 Å². The van der Waals surface area contributed by atoms with Crippen molar-refractivity contribution >= 4 is 40.8 Å². The Kier molecular flexibility index (Phi) is 6.06. The predicted molar refractivity (Wildman–Crippen MR) is 95.3 cm³/mol. The third kappa shape index (κ3) is 5.01. The Labute approximate surface area is 143 Å². The van der Waals surface area contributed by atoms with Crippen LogP contribution in [-0.2, 0) is 4.79 Å². The molecule has 120 valence electrons. The van der Waals surface area contributed by atoms with E-state index in [1.807, 2.05) is 30.5 Å².